The number of aryl methyl sites for hydroxylation is 1. The van der Waals surface area contributed by atoms with E-state index in [1.807, 2.05) is 6.92 Å². The number of phenolic OH excluding ortho intramolecular Hbond substituents is 1. The molecule has 2 rings (SSSR count). The predicted molar refractivity (Wildman–Crippen MR) is 65.8 cm³/mol. The average Bonchev–Trinajstić information content (AvgIpc) is 2.76. The van der Waals surface area contributed by atoms with Crippen molar-refractivity contribution in [3.8, 4) is 5.75 Å². The lowest BCUT2D eigenvalue weighted by Gasteiger charge is -2.08. The topological polar surface area (TPSA) is 82.7 Å². The van der Waals surface area contributed by atoms with Gasteiger partial charge in [0.1, 0.15) is 11.5 Å². The first kappa shape index (κ1) is 12.0. The average molecular weight is 247 g/mol. The van der Waals surface area contributed by atoms with Crippen LogP contribution in [-0.4, -0.2) is 16.2 Å². The molecule has 0 unspecified atom stereocenters. The van der Waals surface area contributed by atoms with Gasteiger partial charge in [-0.2, -0.15) is 0 Å². The van der Waals surface area contributed by atoms with E-state index in [2.05, 4.69) is 5.32 Å². The van der Waals surface area contributed by atoms with E-state index in [0.29, 0.717) is 12.3 Å². The molecular formula is C13H13NO4. The Balaban J connectivity index is 2.04. The lowest BCUT2D eigenvalue weighted by Crippen LogP contribution is -2.00. The summed E-state index contributed by atoms with van der Waals surface area (Å²) >= 11 is 0. The molecule has 1 aromatic heterocycles. The normalized spacial score (nSPS) is 10.3. The summed E-state index contributed by atoms with van der Waals surface area (Å²) in [6, 6.07) is 8.02. The number of carboxylic acids is 1. The van der Waals surface area contributed by atoms with Gasteiger partial charge < -0.3 is 19.9 Å². The van der Waals surface area contributed by atoms with Crippen molar-refractivity contribution in [2.75, 3.05) is 5.32 Å². The van der Waals surface area contributed by atoms with Crippen LogP contribution in [0.4, 0.5) is 5.69 Å². The van der Waals surface area contributed by atoms with Crippen molar-refractivity contribution >= 4 is 11.7 Å². The Morgan fingerprint density at radius 2 is 2.11 bits per heavy atom. The van der Waals surface area contributed by atoms with E-state index in [-0.39, 0.29) is 11.5 Å². The van der Waals surface area contributed by atoms with Gasteiger partial charge in [-0.15, -0.1) is 0 Å². The molecule has 2 aromatic rings. The number of aromatic hydroxyl groups is 1. The number of nitrogens with one attached hydrogen (secondary N) is 1. The summed E-state index contributed by atoms with van der Waals surface area (Å²) in [5.41, 5.74) is 1.76. The highest BCUT2D eigenvalue weighted by Crippen LogP contribution is 2.21. The van der Waals surface area contributed by atoms with Crippen LogP contribution in [-0.2, 0) is 6.54 Å². The van der Waals surface area contributed by atoms with Crippen molar-refractivity contribution in [1.29, 1.82) is 0 Å². The molecule has 1 aromatic carbocycles. The van der Waals surface area contributed by atoms with Gasteiger partial charge in [0.05, 0.1) is 6.54 Å². The molecule has 94 valence electrons. The Labute approximate surface area is 104 Å². The summed E-state index contributed by atoms with van der Waals surface area (Å²) in [5, 5.41) is 21.1. The van der Waals surface area contributed by atoms with Gasteiger partial charge in [0.2, 0.25) is 5.76 Å². The largest absolute Gasteiger partial charge is 0.508 e. The fourth-order valence-corrected chi connectivity index (χ4v) is 1.62. The minimum atomic E-state index is -1.08. The summed E-state index contributed by atoms with van der Waals surface area (Å²) < 4.78 is 5.12. The quantitative estimate of drug-likeness (QED) is 0.723. The van der Waals surface area contributed by atoms with Crippen molar-refractivity contribution in [2.45, 2.75) is 13.5 Å². The third kappa shape index (κ3) is 2.63. The first-order valence-corrected chi connectivity index (χ1v) is 5.42. The molecule has 1 heterocycles. The molecule has 5 heteroatoms. The van der Waals surface area contributed by atoms with E-state index in [1.165, 1.54) is 6.07 Å². The van der Waals surface area contributed by atoms with Crippen LogP contribution in [0.1, 0.15) is 21.9 Å². The second kappa shape index (κ2) is 4.83. The number of rotatable bonds is 4. The van der Waals surface area contributed by atoms with Crippen molar-refractivity contribution in [3.05, 3.63) is 47.4 Å². The maximum atomic E-state index is 10.6. The van der Waals surface area contributed by atoms with Crippen molar-refractivity contribution < 1.29 is 19.4 Å². The molecule has 3 N–H and O–H groups in total. The molecule has 0 radical (unpaired) electrons. The van der Waals surface area contributed by atoms with Crippen LogP contribution >= 0.6 is 0 Å². The summed E-state index contributed by atoms with van der Waals surface area (Å²) in [5.74, 6) is -0.402. The van der Waals surface area contributed by atoms with Gasteiger partial charge in [0.15, 0.2) is 0 Å². The maximum absolute atomic E-state index is 10.6. The van der Waals surface area contributed by atoms with Crippen LogP contribution in [0.25, 0.3) is 0 Å². The van der Waals surface area contributed by atoms with Crippen LogP contribution in [0.2, 0.25) is 0 Å². The highest BCUT2D eigenvalue weighted by molar-refractivity contribution is 5.84. The lowest BCUT2D eigenvalue weighted by molar-refractivity contribution is 0.0660. The minimum Gasteiger partial charge on any atom is -0.508 e. The summed E-state index contributed by atoms with van der Waals surface area (Å²) in [7, 11) is 0. The molecule has 0 spiro atoms. The molecule has 0 saturated heterocycles. The van der Waals surface area contributed by atoms with Crippen LogP contribution < -0.4 is 5.32 Å². The smallest absolute Gasteiger partial charge is 0.371 e. The Hall–Kier alpha value is -2.43. The number of anilines is 1. The fraction of sp³-hybridized carbons (Fsp3) is 0.154. The number of carbonyl (C=O) groups is 1. The molecule has 0 saturated carbocycles. The molecule has 18 heavy (non-hydrogen) atoms. The third-order valence-electron chi connectivity index (χ3n) is 2.54. The van der Waals surface area contributed by atoms with E-state index in [4.69, 9.17) is 9.52 Å². The van der Waals surface area contributed by atoms with Crippen LogP contribution in [0.3, 0.4) is 0 Å². The number of benzene rings is 1. The predicted octanol–water partition coefficient (Wildman–Crippen LogP) is 2.60. The van der Waals surface area contributed by atoms with Crippen molar-refractivity contribution in [2.24, 2.45) is 0 Å². The van der Waals surface area contributed by atoms with E-state index in [0.717, 1.165) is 11.3 Å². The molecule has 0 aliphatic carbocycles. The Kier molecular flexibility index (Phi) is 3.23. The highest BCUT2D eigenvalue weighted by Gasteiger charge is 2.08. The molecule has 0 aliphatic rings. The highest BCUT2D eigenvalue weighted by atomic mass is 16.4. The van der Waals surface area contributed by atoms with E-state index in [9.17, 15) is 9.90 Å². The molecule has 0 bridgehead atoms. The first-order valence-electron chi connectivity index (χ1n) is 5.42. The Morgan fingerprint density at radius 3 is 2.72 bits per heavy atom. The van der Waals surface area contributed by atoms with Gasteiger partial charge in [-0.25, -0.2) is 4.79 Å². The van der Waals surface area contributed by atoms with E-state index in [1.54, 1.807) is 24.3 Å². The van der Waals surface area contributed by atoms with E-state index < -0.39 is 5.97 Å². The van der Waals surface area contributed by atoms with Crippen LogP contribution in [0, 0.1) is 6.92 Å². The van der Waals surface area contributed by atoms with Gasteiger partial charge in [-0.1, -0.05) is 0 Å². The second-order valence-electron chi connectivity index (χ2n) is 3.92. The molecule has 0 amide bonds. The van der Waals surface area contributed by atoms with Gasteiger partial charge in [0.25, 0.3) is 0 Å². The zero-order valence-electron chi connectivity index (χ0n) is 9.80. The summed E-state index contributed by atoms with van der Waals surface area (Å²) in [6.45, 7) is 2.26. The van der Waals surface area contributed by atoms with Crippen molar-refractivity contribution in [1.82, 2.24) is 0 Å². The minimum absolute atomic E-state index is 0.0748. The molecule has 0 fully saturated rings. The third-order valence-corrected chi connectivity index (χ3v) is 2.54. The molecule has 0 atom stereocenters. The van der Waals surface area contributed by atoms with Gasteiger partial charge >= 0.3 is 5.97 Å². The fourth-order valence-electron chi connectivity index (χ4n) is 1.62. The monoisotopic (exact) mass is 247 g/mol. The maximum Gasteiger partial charge on any atom is 0.371 e. The molecule has 5 nitrogen and oxygen atoms in total. The number of aromatic carboxylic acids is 1. The van der Waals surface area contributed by atoms with Gasteiger partial charge in [0, 0.05) is 5.69 Å². The lowest BCUT2D eigenvalue weighted by atomic mass is 10.2. The number of carboxylic acid groups (broad SMARTS) is 1. The van der Waals surface area contributed by atoms with Gasteiger partial charge in [-0.3, -0.25) is 0 Å². The first-order chi connectivity index (χ1) is 8.56. The number of phenols is 1. The number of furan rings is 1. The zero-order chi connectivity index (χ0) is 13.1. The number of hydrogen-bond donors (Lipinski definition) is 3. The summed E-state index contributed by atoms with van der Waals surface area (Å²) in [6.07, 6.45) is 0. The Bertz CT molecular complexity index is 574. The van der Waals surface area contributed by atoms with E-state index >= 15 is 0 Å². The molecule has 0 aliphatic heterocycles. The number of hydrogen-bond acceptors (Lipinski definition) is 4. The summed E-state index contributed by atoms with van der Waals surface area (Å²) in [4.78, 5) is 10.6. The van der Waals surface area contributed by atoms with Gasteiger partial charge in [-0.05, 0) is 42.8 Å². The standard InChI is InChI=1S/C13H13NO4/c1-8-6-9(15)2-4-11(8)14-7-10-3-5-12(18-10)13(16)17/h2-6,14-15H,7H2,1H3,(H,16,17). The molecular weight excluding hydrogens is 234 g/mol. The van der Waals surface area contributed by atoms with Crippen LogP contribution in [0.15, 0.2) is 34.7 Å². The Morgan fingerprint density at radius 1 is 1.33 bits per heavy atom. The zero-order valence-corrected chi connectivity index (χ0v) is 9.80. The second-order valence-corrected chi connectivity index (χ2v) is 3.92. The SMILES string of the molecule is Cc1cc(O)ccc1NCc1ccc(C(=O)O)o1. The van der Waals surface area contributed by atoms with Crippen LogP contribution in [0.5, 0.6) is 5.75 Å². The van der Waals surface area contributed by atoms with Crippen molar-refractivity contribution in [3.63, 3.8) is 0 Å².